The second-order valence-electron chi connectivity index (χ2n) is 5.49. The molecule has 0 saturated carbocycles. The highest BCUT2D eigenvalue weighted by atomic mass is 16.5. The second kappa shape index (κ2) is 7.50. The monoisotopic (exact) mass is 328 g/mol. The molecule has 2 aromatic rings. The summed E-state index contributed by atoms with van der Waals surface area (Å²) in [6, 6.07) is 8.88. The van der Waals surface area contributed by atoms with E-state index in [1.54, 1.807) is 26.0 Å². The third-order valence-electron chi connectivity index (χ3n) is 3.55. The van der Waals surface area contributed by atoms with Gasteiger partial charge in [-0.05, 0) is 44.5 Å². The lowest BCUT2D eigenvalue weighted by Gasteiger charge is -2.09. The Hall–Kier alpha value is -3.02. The maximum atomic E-state index is 11.7. The smallest absolute Gasteiger partial charge is 0.277 e. The summed E-state index contributed by atoms with van der Waals surface area (Å²) >= 11 is 0. The Labute approximate surface area is 140 Å². The number of hydrazone groups is 1. The van der Waals surface area contributed by atoms with Gasteiger partial charge in [0.05, 0.1) is 6.21 Å². The molecule has 6 heteroatoms. The second-order valence-corrected chi connectivity index (χ2v) is 5.49. The van der Waals surface area contributed by atoms with E-state index in [4.69, 9.17) is 4.74 Å². The molecule has 3 N–H and O–H groups in total. The van der Waals surface area contributed by atoms with E-state index in [2.05, 4.69) is 10.5 Å². The molecule has 0 radical (unpaired) electrons. The number of hydrogen-bond acceptors (Lipinski definition) is 5. The van der Waals surface area contributed by atoms with Crippen LogP contribution in [0.1, 0.15) is 22.3 Å². The largest absolute Gasteiger partial charge is 0.508 e. The number of carbonyl (C=O) groups is 1. The van der Waals surface area contributed by atoms with E-state index in [0.717, 1.165) is 5.56 Å². The summed E-state index contributed by atoms with van der Waals surface area (Å²) in [6.45, 7) is 5.12. The Morgan fingerprint density at radius 1 is 1.21 bits per heavy atom. The first-order valence-corrected chi connectivity index (χ1v) is 7.42. The van der Waals surface area contributed by atoms with Crippen LogP contribution in [0.5, 0.6) is 17.2 Å². The Bertz CT molecular complexity index is 768. The van der Waals surface area contributed by atoms with Crippen LogP contribution in [0.3, 0.4) is 0 Å². The van der Waals surface area contributed by atoms with Crippen molar-refractivity contribution in [1.29, 1.82) is 0 Å². The molecule has 24 heavy (non-hydrogen) atoms. The number of aryl methyl sites for hydroxylation is 2. The van der Waals surface area contributed by atoms with Gasteiger partial charge in [0.1, 0.15) is 17.2 Å². The summed E-state index contributed by atoms with van der Waals surface area (Å²) < 4.78 is 5.34. The Kier molecular flexibility index (Phi) is 5.42. The summed E-state index contributed by atoms with van der Waals surface area (Å²) in [6.07, 6.45) is 1.33. The van der Waals surface area contributed by atoms with Crippen molar-refractivity contribution in [1.82, 2.24) is 5.43 Å². The molecule has 0 fully saturated rings. The third-order valence-corrected chi connectivity index (χ3v) is 3.55. The molecule has 0 aromatic heterocycles. The fraction of sp³-hybridized carbons (Fsp3) is 0.222. The predicted molar refractivity (Wildman–Crippen MR) is 91.7 cm³/mol. The van der Waals surface area contributed by atoms with Gasteiger partial charge in [0.2, 0.25) is 0 Å². The highest BCUT2D eigenvalue weighted by Gasteiger charge is 2.10. The van der Waals surface area contributed by atoms with Crippen molar-refractivity contribution in [3.63, 3.8) is 0 Å². The van der Waals surface area contributed by atoms with Crippen molar-refractivity contribution < 1.29 is 19.7 Å². The van der Waals surface area contributed by atoms with E-state index in [0.29, 0.717) is 22.4 Å². The van der Waals surface area contributed by atoms with Gasteiger partial charge < -0.3 is 14.9 Å². The minimum Gasteiger partial charge on any atom is -0.508 e. The number of rotatable bonds is 5. The minimum absolute atomic E-state index is 0.0117. The van der Waals surface area contributed by atoms with Crippen LogP contribution >= 0.6 is 0 Å². The molecule has 2 aromatic carbocycles. The molecule has 0 aliphatic heterocycles. The van der Waals surface area contributed by atoms with Gasteiger partial charge in [-0.15, -0.1) is 0 Å². The van der Waals surface area contributed by atoms with Gasteiger partial charge in [0.15, 0.2) is 6.61 Å². The number of benzene rings is 2. The van der Waals surface area contributed by atoms with Gasteiger partial charge in [-0.3, -0.25) is 4.79 Å². The average molecular weight is 328 g/mol. The van der Waals surface area contributed by atoms with E-state index in [1.807, 2.05) is 19.1 Å². The zero-order valence-corrected chi connectivity index (χ0v) is 13.8. The summed E-state index contributed by atoms with van der Waals surface area (Å²) in [5.74, 6) is 0.126. The number of carbonyl (C=O) groups excluding carboxylic acids is 1. The first kappa shape index (κ1) is 17.3. The van der Waals surface area contributed by atoms with E-state index >= 15 is 0 Å². The molecule has 0 spiro atoms. The summed E-state index contributed by atoms with van der Waals surface area (Å²) in [5.41, 5.74) is 4.88. The predicted octanol–water partition coefficient (Wildman–Crippen LogP) is 2.55. The maximum Gasteiger partial charge on any atom is 0.277 e. The molecule has 126 valence electrons. The average Bonchev–Trinajstić information content (AvgIpc) is 2.55. The number of ether oxygens (including phenoxy) is 1. The molecule has 0 atom stereocenters. The maximum absolute atomic E-state index is 11.7. The Morgan fingerprint density at radius 2 is 1.88 bits per heavy atom. The lowest BCUT2D eigenvalue weighted by molar-refractivity contribution is -0.123. The standard InChI is InChI=1S/C18H20N2O4/c1-11-4-6-14(7-5-11)24-10-17(22)20-19-9-15-12(2)8-16(21)13(3)18(15)23/h4-9,21,23H,10H2,1-3H3,(H,20,22)/b19-9+. The first-order valence-electron chi connectivity index (χ1n) is 7.42. The van der Waals surface area contributed by atoms with Crippen molar-refractivity contribution in [2.24, 2.45) is 5.10 Å². The number of phenolic OH excluding ortho intramolecular Hbond substituents is 2. The van der Waals surface area contributed by atoms with Crippen molar-refractivity contribution in [3.8, 4) is 17.2 Å². The molecule has 0 saturated heterocycles. The highest BCUT2D eigenvalue weighted by Crippen LogP contribution is 2.31. The van der Waals surface area contributed by atoms with E-state index in [-0.39, 0.29) is 18.1 Å². The molecule has 2 rings (SSSR count). The molecular weight excluding hydrogens is 308 g/mol. The van der Waals surface area contributed by atoms with Gasteiger partial charge in [-0.1, -0.05) is 17.7 Å². The van der Waals surface area contributed by atoms with Gasteiger partial charge in [0.25, 0.3) is 5.91 Å². The lowest BCUT2D eigenvalue weighted by Crippen LogP contribution is -2.24. The van der Waals surface area contributed by atoms with Crippen molar-refractivity contribution in [3.05, 3.63) is 52.6 Å². The molecule has 0 bridgehead atoms. The van der Waals surface area contributed by atoms with Gasteiger partial charge >= 0.3 is 0 Å². The fourth-order valence-corrected chi connectivity index (χ4v) is 2.05. The quantitative estimate of drug-likeness (QED) is 0.581. The van der Waals surface area contributed by atoms with Crippen LogP contribution < -0.4 is 10.2 Å². The molecule has 1 amide bonds. The van der Waals surface area contributed by atoms with Gasteiger partial charge in [-0.2, -0.15) is 5.10 Å². The molecular formula is C18H20N2O4. The Morgan fingerprint density at radius 3 is 2.54 bits per heavy atom. The van der Waals surface area contributed by atoms with Crippen LogP contribution in [0.15, 0.2) is 35.4 Å². The molecule has 0 aliphatic carbocycles. The zero-order chi connectivity index (χ0) is 17.7. The molecule has 6 nitrogen and oxygen atoms in total. The topological polar surface area (TPSA) is 91.2 Å². The molecule has 0 heterocycles. The van der Waals surface area contributed by atoms with Crippen molar-refractivity contribution in [2.45, 2.75) is 20.8 Å². The van der Waals surface area contributed by atoms with E-state index in [9.17, 15) is 15.0 Å². The number of phenols is 2. The van der Waals surface area contributed by atoms with Crippen LogP contribution in [0, 0.1) is 20.8 Å². The van der Waals surface area contributed by atoms with Crippen LogP contribution in [0.25, 0.3) is 0 Å². The van der Waals surface area contributed by atoms with E-state index < -0.39 is 5.91 Å². The first-order chi connectivity index (χ1) is 11.4. The number of nitrogens with zero attached hydrogens (tertiary/aromatic N) is 1. The zero-order valence-electron chi connectivity index (χ0n) is 13.8. The van der Waals surface area contributed by atoms with Gasteiger partial charge in [0, 0.05) is 11.1 Å². The Balaban J connectivity index is 1.93. The summed E-state index contributed by atoms with van der Waals surface area (Å²) in [7, 11) is 0. The van der Waals surface area contributed by atoms with Crippen LogP contribution in [-0.4, -0.2) is 28.9 Å². The summed E-state index contributed by atoms with van der Waals surface area (Å²) in [5, 5.41) is 23.4. The normalized spacial score (nSPS) is 10.8. The van der Waals surface area contributed by atoms with Crippen molar-refractivity contribution >= 4 is 12.1 Å². The van der Waals surface area contributed by atoms with Crippen molar-refractivity contribution in [2.75, 3.05) is 6.61 Å². The highest BCUT2D eigenvalue weighted by molar-refractivity contribution is 5.88. The number of hydrogen-bond donors (Lipinski definition) is 3. The lowest BCUT2D eigenvalue weighted by atomic mass is 10.0. The van der Waals surface area contributed by atoms with Crippen LogP contribution in [-0.2, 0) is 4.79 Å². The molecule has 0 aliphatic rings. The SMILES string of the molecule is Cc1ccc(OCC(=O)N/N=C/c2c(C)cc(O)c(C)c2O)cc1. The van der Waals surface area contributed by atoms with Crippen LogP contribution in [0.2, 0.25) is 0 Å². The van der Waals surface area contributed by atoms with E-state index in [1.165, 1.54) is 12.3 Å². The third kappa shape index (κ3) is 4.25. The van der Waals surface area contributed by atoms with Gasteiger partial charge in [-0.25, -0.2) is 5.43 Å². The molecule has 0 unspecified atom stereocenters. The number of nitrogens with one attached hydrogen (secondary N) is 1. The minimum atomic E-state index is -0.417. The number of aromatic hydroxyl groups is 2. The number of amides is 1. The fourth-order valence-electron chi connectivity index (χ4n) is 2.05. The van der Waals surface area contributed by atoms with Crippen LogP contribution in [0.4, 0.5) is 0 Å². The summed E-state index contributed by atoms with van der Waals surface area (Å²) in [4.78, 5) is 11.7.